The van der Waals surface area contributed by atoms with E-state index in [4.69, 9.17) is 21.1 Å². The van der Waals surface area contributed by atoms with Gasteiger partial charge >= 0.3 is 5.97 Å². The number of ether oxygens (including phenoxy) is 2. The minimum Gasteiger partial charge on any atom is -0.462 e. The normalized spacial score (nSPS) is 10.1. The van der Waals surface area contributed by atoms with Crippen molar-refractivity contribution < 1.29 is 19.2 Å². The van der Waals surface area contributed by atoms with Gasteiger partial charge in [0.25, 0.3) is 5.69 Å². The number of halogens is 1. The summed E-state index contributed by atoms with van der Waals surface area (Å²) in [5.41, 5.74) is -0.225. The van der Waals surface area contributed by atoms with Crippen LogP contribution in [0.4, 0.5) is 5.69 Å². The highest BCUT2D eigenvalue weighted by Crippen LogP contribution is 2.30. The predicted molar refractivity (Wildman–Crippen MR) is 80.6 cm³/mol. The van der Waals surface area contributed by atoms with Crippen LogP contribution in [-0.4, -0.2) is 17.5 Å². The Morgan fingerprint density at radius 1 is 1.23 bits per heavy atom. The fraction of sp³-hybridized carbons (Fsp3) is 0.133. The number of benzene rings is 2. The molecule has 0 amide bonds. The Balaban J connectivity index is 2.38. The number of hydrogen-bond donors (Lipinski definition) is 0. The molecule has 0 atom stereocenters. The lowest BCUT2D eigenvalue weighted by molar-refractivity contribution is -0.384. The second kappa shape index (κ2) is 6.91. The van der Waals surface area contributed by atoms with Gasteiger partial charge in [-0.15, -0.1) is 0 Å². The van der Waals surface area contributed by atoms with Gasteiger partial charge in [-0.25, -0.2) is 4.79 Å². The topological polar surface area (TPSA) is 78.7 Å². The average molecular weight is 322 g/mol. The number of carbonyl (C=O) groups excluding carboxylic acids is 1. The van der Waals surface area contributed by atoms with Crippen LogP contribution in [0.2, 0.25) is 5.02 Å². The van der Waals surface area contributed by atoms with Gasteiger partial charge in [-0.2, -0.15) is 0 Å². The Hall–Kier alpha value is -2.60. The third-order valence-corrected chi connectivity index (χ3v) is 2.96. The summed E-state index contributed by atoms with van der Waals surface area (Å²) in [6.45, 7) is 1.80. The van der Waals surface area contributed by atoms with Crippen molar-refractivity contribution in [2.75, 3.05) is 6.61 Å². The summed E-state index contributed by atoms with van der Waals surface area (Å²) in [7, 11) is 0. The van der Waals surface area contributed by atoms with Gasteiger partial charge in [0.05, 0.1) is 11.5 Å². The third kappa shape index (κ3) is 3.73. The monoisotopic (exact) mass is 321 g/mol. The van der Waals surface area contributed by atoms with Crippen molar-refractivity contribution >= 4 is 23.3 Å². The molecule has 22 heavy (non-hydrogen) atoms. The maximum atomic E-state index is 11.9. The van der Waals surface area contributed by atoms with Crippen molar-refractivity contribution in [1.82, 2.24) is 0 Å². The number of non-ortho nitro benzene ring substituents is 1. The summed E-state index contributed by atoms with van der Waals surface area (Å²) >= 11 is 5.79. The van der Waals surface area contributed by atoms with Gasteiger partial charge in [0, 0.05) is 17.2 Å². The standard InChI is InChI=1S/C15H12ClNO5/c1-2-21-15(18)13-9-11(17(19)20)5-8-14(13)22-12-6-3-10(16)4-7-12/h3-9H,2H2,1H3. The van der Waals surface area contributed by atoms with E-state index in [0.717, 1.165) is 6.07 Å². The summed E-state index contributed by atoms with van der Waals surface area (Å²) in [6, 6.07) is 10.3. The van der Waals surface area contributed by atoms with E-state index in [-0.39, 0.29) is 23.6 Å². The van der Waals surface area contributed by atoms with Crippen molar-refractivity contribution in [2.45, 2.75) is 6.92 Å². The van der Waals surface area contributed by atoms with Crippen LogP contribution >= 0.6 is 11.6 Å². The first-order valence-electron chi connectivity index (χ1n) is 6.40. The van der Waals surface area contributed by atoms with E-state index in [9.17, 15) is 14.9 Å². The van der Waals surface area contributed by atoms with Crippen molar-refractivity contribution in [2.24, 2.45) is 0 Å². The molecule has 0 fully saturated rings. The van der Waals surface area contributed by atoms with Gasteiger partial charge in [0.1, 0.15) is 17.1 Å². The second-order valence-corrected chi connectivity index (χ2v) is 4.65. The van der Waals surface area contributed by atoms with Gasteiger partial charge in [-0.05, 0) is 37.3 Å². The number of nitro benzene ring substituents is 1. The number of carbonyl (C=O) groups is 1. The first-order valence-corrected chi connectivity index (χ1v) is 6.78. The first kappa shape index (κ1) is 15.8. The molecule has 0 saturated heterocycles. The Morgan fingerprint density at radius 3 is 2.50 bits per heavy atom. The zero-order chi connectivity index (χ0) is 16.1. The molecule has 2 aromatic carbocycles. The van der Waals surface area contributed by atoms with Crippen molar-refractivity contribution in [3.8, 4) is 11.5 Å². The molecule has 0 aliphatic carbocycles. The Morgan fingerprint density at radius 2 is 1.91 bits per heavy atom. The Kier molecular flexibility index (Phi) is 4.95. The molecule has 0 heterocycles. The highest BCUT2D eigenvalue weighted by Gasteiger charge is 2.19. The lowest BCUT2D eigenvalue weighted by atomic mass is 10.1. The van der Waals surface area contributed by atoms with Gasteiger partial charge in [0.2, 0.25) is 0 Å². The maximum Gasteiger partial charge on any atom is 0.342 e. The largest absolute Gasteiger partial charge is 0.462 e. The van der Waals surface area contributed by atoms with Crippen LogP contribution in [-0.2, 0) is 4.74 Å². The molecular weight excluding hydrogens is 310 g/mol. The minimum atomic E-state index is -0.685. The molecule has 2 aromatic rings. The van der Waals surface area contributed by atoms with Crippen LogP contribution in [0.5, 0.6) is 11.5 Å². The van der Waals surface area contributed by atoms with Crippen molar-refractivity contribution in [3.63, 3.8) is 0 Å². The van der Waals surface area contributed by atoms with E-state index in [1.165, 1.54) is 12.1 Å². The van der Waals surface area contributed by atoms with E-state index < -0.39 is 10.9 Å². The van der Waals surface area contributed by atoms with Crippen LogP contribution in [0.1, 0.15) is 17.3 Å². The molecule has 0 aliphatic rings. The number of nitro groups is 1. The Labute approximate surface area is 131 Å². The summed E-state index contributed by atoms with van der Waals surface area (Å²) < 4.78 is 10.5. The fourth-order valence-electron chi connectivity index (χ4n) is 1.72. The highest BCUT2D eigenvalue weighted by molar-refractivity contribution is 6.30. The number of hydrogen-bond acceptors (Lipinski definition) is 5. The van der Waals surface area contributed by atoms with E-state index in [2.05, 4.69) is 0 Å². The molecule has 0 N–H and O–H groups in total. The van der Waals surface area contributed by atoms with E-state index in [1.807, 2.05) is 0 Å². The molecule has 6 nitrogen and oxygen atoms in total. The van der Waals surface area contributed by atoms with Crippen molar-refractivity contribution in [1.29, 1.82) is 0 Å². The minimum absolute atomic E-state index is 0.00833. The molecule has 0 radical (unpaired) electrons. The number of rotatable bonds is 5. The molecular formula is C15H12ClNO5. The zero-order valence-electron chi connectivity index (χ0n) is 11.6. The molecule has 0 unspecified atom stereocenters. The zero-order valence-corrected chi connectivity index (χ0v) is 12.4. The van der Waals surface area contributed by atoms with E-state index >= 15 is 0 Å². The molecule has 0 aliphatic heterocycles. The number of nitrogens with zero attached hydrogens (tertiary/aromatic N) is 1. The van der Waals surface area contributed by atoms with Crippen LogP contribution in [0.15, 0.2) is 42.5 Å². The highest BCUT2D eigenvalue weighted by atomic mass is 35.5. The van der Waals surface area contributed by atoms with E-state index in [1.54, 1.807) is 31.2 Å². The second-order valence-electron chi connectivity index (χ2n) is 4.21. The van der Waals surface area contributed by atoms with Gasteiger partial charge in [-0.1, -0.05) is 11.6 Å². The molecule has 0 saturated carbocycles. The van der Waals surface area contributed by atoms with Gasteiger partial charge in [-0.3, -0.25) is 10.1 Å². The molecule has 7 heteroatoms. The van der Waals surface area contributed by atoms with Crippen LogP contribution in [0, 0.1) is 10.1 Å². The molecule has 0 aromatic heterocycles. The van der Waals surface area contributed by atoms with Gasteiger partial charge in [0.15, 0.2) is 0 Å². The number of esters is 1. The fourth-order valence-corrected chi connectivity index (χ4v) is 1.84. The third-order valence-electron chi connectivity index (χ3n) is 2.71. The Bertz CT molecular complexity index is 700. The van der Waals surface area contributed by atoms with Crippen molar-refractivity contribution in [3.05, 3.63) is 63.2 Å². The summed E-state index contributed by atoms with van der Waals surface area (Å²) in [5.74, 6) is -0.0645. The summed E-state index contributed by atoms with van der Waals surface area (Å²) in [5, 5.41) is 11.4. The molecule has 2 rings (SSSR count). The van der Waals surface area contributed by atoms with Crippen LogP contribution in [0.3, 0.4) is 0 Å². The first-order chi connectivity index (χ1) is 10.5. The lowest BCUT2D eigenvalue weighted by Gasteiger charge is -2.10. The molecule has 0 spiro atoms. The molecule has 114 valence electrons. The van der Waals surface area contributed by atoms with E-state index in [0.29, 0.717) is 10.8 Å². The summed E-state index contributed by atoms with van der Waals surface area (Å²) in [4.78, 5) is 22.2. The summed E-state index contributed by atoms with van der Waals surface area (Å²) in [6.07, 6.45) is 0. The maximum absolute atomic E-state index is 11.9. The van der Waals surface area contributed by atoms with Crippen LogP contribution in [0.25, 0.3) is 0 Å². The van der Waals surface area contributed by atoms with Crippen LogP contribution < -0.4 is 4.74 Å². The quantitative estimate of drug-likeness (QED) is 0.468. The van der Waals surface area contributed by atoms with Gasteiger partial charge < -0.3 is 9.47 Å². The molecule has 0 bridgehead atoms. The SMILES string of the molecule is CCOC(=O)c1cc([N+](=O)[O-])ccc1Oc1ccc(Cl)cc1. The lowest BCUT2D eigenvalue weighted by Crippen LogP contribution is -2.07. The predicted octanol–water partition coefficient (Wildman–Crippen LogP) is 4.22. The average Bonchev–Trinajstić information content (AvgIpc) is 2.50. The smallest absolute Gasteiger partial charge is 0.342 e.